The molecule has 4 nitrogen and oxygen atoms in total. The van der Waals surface area contributed by atoms with E-state index in [1.807, 2.05) is 19.2 Å². The molecule has 2 heterocycles. The zero-order valence-electron chi connectivity index (χ0n) is 7.44. The summed E-state index contributed by atoms with van der Waals surface area (Å²) in [5.74, 6) is 0. The molecule has 0 bridgehead atoms. The molecule has 0 aliphatic heterocycles. The first-order valence-electron chi connectivity index (χ1n) is 4.22. The minimum atomic E-state index is 0.144. The third kappa shape index (κ3) is 1.40. The third-order valence-electron chi connectivity index (χ3n) is 1.94. The van der Waals surface area contributed by atoms with Crippen molar-refractivity contribution in [2.24, 2.45) is 0 Å². The summed E-state index contributed by atoms with van der Waals surface area (Å²) in [5, 5.41) is 12.9. The molecule has 1 N–H and O–H groups in total. The van der Waals surface area contributed by atoms with Crippen molar-refractivity contribution in [3.8, 4) is 0 Å². The fourth-order valence-electron chi connectivity index (χ4n) is 1.38. The molecule has 0 amide bonds. The van der Waals surface area contributed by atoms with Crippen molar-refractivity contribution in [1.29, 1.82) is 0 Å². The number of hydrogen-bond donors (Lipinski definition) is 1. The van der Waals surface area contributed by atoms with Gasteiger partial charge in [-0.1, -0.05) is 0 Å². The predicted molar refractivity (Wildman–Crippen MR) is 48.5 cm³/mol. The highest BCUT2D eigenvalue weighted by Gasteiger charge is 2.03. The zero-order chi connectivity index (χ0) is 9.26. The first-order valence-corrected chi connectivity index (χ1v) is 4.22. The van der Waals surface area contributed by atoms with Crippen LogP contribution in [-0.2, 0) is 6.42 Å². The van der Waals surface area contributed by atoms with E-state index in [4.69, 9.17) is 5.11 Å². The van der Waals surface area contributed by atoms with Crippen molar-refractivity contribution in [2.75, 3.05) is 6.61 Å². The molecule has 68 valence electrons. The number of aryl methyl sites for hydroxylation is 1. The number of aliphatic hydroxyl groups is 1. The van der Waals surface area contributed by atoms with Gasteiger partial charge < -0.3 is 5.11 Å². The van der Waals surface area contributed by atoms with Crippen LogP contribution in [0.3, 0.4) is 0 Å². The minimum absolute atomic E-state index is 0.144. The smallest absolute Gasteiger partial charge is 0.157 e. The Bertz CT molecular complexity index is 422. The van der Waals surface area contributed by atoms with E-state index in [1.165, 1.54) is 0 Å². The normalized spacial score (nSPS) is 10.9. The predicted octanol–water partition coefficient (Wildman–Crippen LogP) is 0.573. The van der Waals surface area contributed by atoms with Crippen LogP contribution in [0.4, 0.5) is 0 Å². The Hall–Kier alpha value is -1.42. The third-order valence-corrected chi connectivity index (χ3v) is 1.94. The van der Waals surface area contributed by atoms with E-state index in [1.54, 1.807) is 10.7 Å². The fourth-order valence-corrected chi connectivity index (χ4v) is 1.38. The van der Waals surface area contributed by atoms with E-state index in [0.29, 0.717) is 6.42 Å². The summed E-state index contributed by atoms with van der Waals surface area (Å²) in [5.41, 5.74) is 2.82. The maximum absolute atomic E-state index is 8.83. The van der Waals surface area contributed by atoms with Crippen LogP contribution in [0.1, 0.15) is 11.3 Å². The summed E-state index contributed by atoms with van der Waals surface area (Å²) in [6.45, 7) is 2.07. The number of aromatic nitrogens is 3. The first kappa shape index (κ1) is 8.19. The van der Waals surface area contributed by atoms with Gasteiger partial charge in [-0.2, -0.15) is 5.10 Å². The van der Waals surface area contributed by atoms with Crippen molar-refractivity contribution in [3.05, 3.63) is 29.7 Å². The van der Waals surface area contributed by atoms with Crippen molar-refractivity contribution < 1.29 is 5.11 Å². The van der Waals surface area contributed by atoms with E-state index in [0.717, 1.165) is 16.9 Å². The van der Waals surface area contributed by atoms with Gasteiger partial charge in [0, 0.05) is 18.4 Å². The number of hydrogen-bond acceptors (Lipinski definition) is 3. The van der Waals surface area contributed by atoms with Crippen LogP contribution < -0.4 is 0 Å². The number of nitrogens with zero attached hydrogens (tertiary/aromatic N) is 3. The van der Waals surface area contributed by atoms with Crippen LogP contribution >= 0.6 is 0 Å². The molecule has 4 heteroatoms. The Morgan fingerprint density at radius 1 is 1.54 bits per heavy atom. The molecule has 0 aromatic carbocycles. The van der Waals surface area contributed by atoms with Gasteiger partial charge in [0.1, 0.15) is 0 Å². The highest BCUT2D eigenvalue weighted by molar-refractivity contribution is 5.47. The fraction of sp³-hybridized carbons (Fsp3) is 0.333. The Balaban J connectivity index is 2.60. The molecular formula is C9H11N3O. The molecule has 2 aromatic heterocycles. The average molecular weight is 177 g/mol. The molecule has 0 saturated carbocycles. The van der Waals surface area contributed by atoms with E-state index < -0.39 is 0 Å². The summed E-state index contributed by atoms with van der Waals surface area (Å²) >= 11 is 0. The summed E-state index contributed by atoms with van der Waals surface area (Å²) in [4.78, 5) is 4.32. The van der Waals surface area contributed by atoms with Crippen LogP contribution in [0.15, 0.2) is 18.5 Å². The molecule has 0 aliphatic rings. The molecule has 0 fully saturated rings. The summed E-state index contributed by atoms with van der Waals surface area (Å²) < 4.78 is 1.74. The lowest BCUT2D eigenvalue weighted by molar-refractivity contribution is 0.300. The summed E-state index contributed by atoms with van der Waals surface area (Å²) in [7, 11) is 0. The van der Waals surface area contributed by atoms with Crippen molar-refractivity contribution in [1.82, 2.24) is 14.6 Å². The van der Waals surface area contributed by atoms with Crippen LogP contribution in [0.25, 0.3) is 5.65 Å². The topological polar surface area (TPSA) is 50.4 Å². The molecule has 2 rings (SSSR count). The number of fused-ring (bicyclic) bond motifs is 1. The lowest BCUT2D eigenvalue weighted by atomic mass is 10.2. The molecule has 0 saturated heterocycles. The Kier molecular flexibility index (Phi) is 1.98. The quantitative estimate of drug-likeness (QED) is 0.729. The van der Waals surface area contributed by atoms with E-state index in [9.17, 15) is 0 Å². The maximum Gasteiger partial charge on any atom is 0.157 e. The molecule has 13 heavy (non-hydrogen) atoms. The standard InChI is InChI=1S/C9H11N3O/c1-7-6-12-9(11-7)8(3-5-13)2-4-10-12/h2,4,6,13H,3,5H2,1H3. The van der Waals surface area contributed by atoms with Crippen molar-refractivity contribution in [3.63, 3.8) is 0 Å². The summed E-state index contributed by atoms with van der Waals surface area (Å²) in [6, 6.07) is 1.89. The molecular weight excluding hydrogens is 166 g/mol. The van der Waals surface area contributed by atoms with Gasteiger partial charge in [0.05, 0.1) is 11.9 Å². The van der Waals surface area contributed by atoms with Crippen LogP contribution in [0.2, 0.25) is 0 Å². The molecule has 0 spiro atoms. The number of rotatable bonds is 2. The second-order valence-electron chi connectivity index (χ2n) is 2.98. The Labute approximate surface area is 75.8 Å². The van der Waals surface area contributed by atoms with E-state index >= 15 is 0 Å². The SMILES string of the molecule is Cc1cn2nccc(CCO)c2n1. The number of aliphatic hydroxyl groups excluding tert-OH is 1. The van der Waals surface area contributed by atoms with Gasteiger partial charge in [-0.3, -0.25) is 0 Å². The highest BCUT2D eigenvalue weighted by atomic mass is 16.2. The van der Waals surface area contributed by atoms with Crippen LogP contribution in [-0.4, -0.2) is 26.3 Å². The lowest BCUT2D eigenvalue weighted by Gasteiger charge is -1.98. The summed E-state index contributed by atoms with van der Waals surface area (Å²) in [6.07, 6.45) is 4.22. The van der Waals surface area contributed by atoms with Gasteiger partial charge in [-0.25, -0.2) is 9.50 Å². The molecule has 0 atom stereocenters. The van der Waals surface area contributed by atoms with Crippen molar-refractivity contribution >= 4 is 5.65 Å². The first-order chi connectivity index (χ1) is 6.31. The second kappa shape index (κ2) is 3.14. The average Bonchev–Trinajstić information content (AvgIpc) is 2.47. The molecule has 0 aliphatic carbocycles. The Morgan fingerprint density at radius 3 is 3.15 bits per heavy atom. The molecule has 0 radical (unpaired) electrons. The van der Waals surface area contributed by atoms with Crippen molar-refractivity contribution in [2.45, 2.75) is 13.3 Å². The van der Waals surface area contributed by atoms with Gasteiger partial charge in [0.25, 0.3) is 0 Å². The lowest BCUT2D eigenvalue weighted by Crippen LogP contribution is -1.97. The zero-order valence-corrected chi connectivity index (χ0v) is 7.44. The highest BCUT2D eigenvalue weighted by Crippen LogP contribution is 2.09. The minimum Gasteiger partial charge on any atom is -0.396 e. The van der Waals surface area contributed by atoms with E-state index in [-0.39, 0.29) is 6.61 Å². The van der Waals surface area contributed by atoms with Gasteiger partial charge in [-0.05, 0) is 19.4 Å². The van der Waals surface area contributed by atoms with Crippen LogP contribution in [0.5, 0.6) is 0 Å². The number of imidazole rings is 1. The largest absolute Gasteiger partial charge is 0.396 e. The van der Waals surface area contributed by atoms with Gasteiger partial charge in [-0.15, -0.1) is 0 Å². The monoisotopic (exact) mass is 177 g/mol. The van der Waals surface area contributed by atoms with Gasteiger partial charge >= 0.3 is 0 Å². The van der Waals surface area contributed by atoms with Crippen LogP contribution in [0, 0.1) is 6.92 Å². The Morgan fingerprint density at radius 2 is 2.38 bits per heavy atom. The van der Waals surface area contributed by atoms with E-state index in [2.05, 4.69) is 10.1 Å². The van der Waals surface area contributed by atoms with Gasteiger partial charge in [0.2, 0.25) is 0 Å². The molecule has 0 unspecified atom stereocenters. The second-order valence-corrected chi connectivity index (χ2v) is 2.98. The molecule has 2 aromatic rings. The maximum atomic E-state index is 8.83. The van der Waals surface area contributed by atoms with Gasteiger partial charge in [0.15, 0.2) is 5.65 Å².